The van der Waals surface area contributed by atoms with Crippen LogP contribution in [0.25, 0.3) is 16.5 Å². The van der Waals surface area contributed by atoms with Gasteiger partial charge in [-0.3, -0.25) is 9.36 Å². The number of nitrogens with zero attached hydrogens (tertiary/aromatic N) is 4. The van der Waals surface area contributed by atoms with Crippen molar-refractivity contribution in [1.82, 2.24) is 18.8 Å². The van der Waals surface area contributed by atoms with Crippen LogP contribution < -0.4 is 5.73 Å². The van der Waals surface area contributed by atoms with E-state index in [1.807, 2.05) is 24.3 Å². The molecule has 5 rings (SSSR count). The first kappa shape index (κ1) is 25.0. The van der Waals surface area contributed by atoms with E-state index in [1.54, 1.807) is 58.3 Å². The van der Waals surface area contributed by atoms with Gasteiger partial charge in [0.15, 0.2) is 0 Å². The molecule has 182 valence electrons. The number of aromatic nitrogens is 2. The zero-order chi connectivity index (χ0) is 23.9. The van der Waals surface area contributed by atoms with Gasteiger partial charge < -0.3 is 10.6 Å². The van der Waals surface area contributed by atoms with Crippen molar-refractivity contribution in [2.24, 2.45) is 0 Å². The number of carbonyl (C=O) groups is 1. The molecule has 1 aliphatic rings. The monoisotopic (exact) mass is 531 g/mol. The number of amides is 1. The van der Waals surface area contributed by atoms with E-state index in [4.69, 9.17) is 17.3 Å². The molecule has 0 aliphatic carbocycles. The van der Waals surface area contributed by atoms with Crippen molar-refractivity contribution < 1.29 is 13.2 Å². The number of imidazole rings is 1. The molecule has 0 unspecified atom stereocenters. The number of nitrogen functional groups attached to an aromatic ring is 1. The van der Waals surface area contributed by atoms with E-state index < -0.39 is 10.0 Å². The van der Waals surface area contributed by atoms with Crippen LogP contribution in [0.2, 0.25) is 5.02 Å². The standard InChI is InChI=1S/C24H22ClN5O3S.ClH/c25-20-5-3-19-14-22(8-4-18(19)13-20)34(32,33)29-12-11-28(23(31)16-29)15-17-1-6-21(7-2-17)30-10-9-27-24(30)26;/h1-10,13-14H,11-12,15-16H2,(H2,26,27);1H. The highest BCUT2D eigenvalue weighted by Crippen LogP contribution is 2.25. The number of hydrogen-bond donors (Lipinski definition) is 1. The highest BCUT2D eigenvalue weighted by molar-refractivity contribution is 7.89. The summed E-state index contributed by atoms with van der Waals surface area (Å²) in [5, 5.41) is 2.22. The van der Waals surface area contributed by atoms with Gasteiger partial charge in [0.25, 0.3) is 0 Å². The highest BCUT2D eigenvalue weighted by Gasteiger charge is 2.33. The number of sulfonamides is 1. The summed E-state index contributed by atoms with van der Waals surface area (Å²) in [6, 6.07) is 17.9. The third kappa shape index (κ3) is 4.99. The van der Waals surface area contributed by atoms with Crippen LogP contribution >= 0.6 is 24.0 Å². The van der Waals surface area contributed by atoms with Gasteiger partial charge in [0.1, 0.15) is 0 Å². The molecule has 1 aromatic heterocycles. The average molecular weight is 532 g/mol. The van der Waals surface area contributed by atoms with Crippen LogP contribution in [-0.4, -0.2) is 52.7 Å². The highest BCUT2D eigenvalue weighted by atomic mass is 35.5. The van der Waals surface area contributed by atoms with E-state index >= 15 is 0 Å². The van der Waals surface area contributed by atoms with Gasteiger partial charge in [0, 0.05) is 42.7 Å². The van der Waals surface area contributed by atoms with Crippen molar-refractivity contribution in [2.75, 3.05) is 25.4 Å². The maximum Gasteiger partial charge on any atom is 0.243 e. The summed E-state index contributed by atoms with van der Waals surface area (Å²) in [5.74, 6) is 0.167. The Morgan fingerprint density at radius 2 is 1.69 bits per heavy atom. The normalized spacial score (nSPS) is 14.8. The first-order chi connectivity index (χ1) is 16.3. The van der Waals surface area contributed by atoms with Gasteiger partial charge in [0.05, 0.1) is 11.4 Å². The molecule has 0 radical (unpaired) electrons. The summed E-state index contributed by atoms with van der Waals surface area (Å²) in [4.78, 5) is 18.7. The number of benzene rings is 3. The second-order valence-corrected chi connectivity index (χ2v) is 10.5. The van der Waals surface area contributed by atoms with Crippen molar-refractivity contribution in [2.45, 2.75) is 11.4 Å². The summed E-state index contributed by atoms with van der Waals surface area (Å²) in [5.41, 5.74) is 7.66. The summed E-state index contributed by atoms with van der Waals surface area (Å²) in [6.07, 6.45) is 3.40. The molecule has 2 heterocycles. The molecule has 0 spiro atoms. The fourth-order valence-electron chi connectivity index (χ4n) is 4.08. The molecule has 0 saturated carbocycles. The minimum atomic E-state index is -3.80. The third-order valence-electron chi connectivity index (χ3n) is 5.95. The quantitative estimate of drug-likeness (QED) is 0.422. The Labute approximate surface area is 214 Å². The lowest BCUT2D eigenvalue weighted by atomic mass is 10.1. The van der Waals surface area contributed by atoms with Crippen molar-refractivity contribution in [3.05, 3.63) is 83.6 Å². The van der Waals surface area contributed by atoms with Gasteiger partial charge in [-0.25, -0.2) is 13.4 Å². The molecule has 35 heavy (non-hydrogen) atoms. The van der Waals surface area contributed by atoms with Crippen molar-refractivity contribution in [3.63, 3.8) is 0 Å². The van der Waals surface area contributed by atoms with Crippen molar-refractivity contribution in [3.8, 4) is 5.69 Å². The molecular weight excluding hydrogens is 509 g/mol. The number of piperazine rings is 1. The first-order valence-electron chi connectivity index (χ1n) is 10.7. The molecule has 8 nitrogen and oxygen atoms in total. The number of fused-ring (bicyclic) bond motifs is 1. The second kappa shape index (κ2) is 9.87. The molecule has 1 saturated heterocycles. The molecule has 0 bridgehead atoms. The predicted octanol–water partition coefficient (Wildman–Crippen LogP) is 3.72. The summed E-state index contributed by atoms with van der Waals surface area (Å²) in [7, 11) is -3.80. The van der Waals surface area contributed by atoms with Crippen LogP contribution in [-0.2, 0) is 21.4 Å². The molecule has 2 N–H and O–H groups in total. The topological polar surface area (TPSA) is 102 Å². The molecule has 0 atom stereocenters. The summed E-state index contributed by atoms with van der Waals surface area (Å²) >= 11 is 6.02. The van der Waals surface area contributed by atoms with E-state index in [0.717, 1.165) is 22.0 Å². The van der Waals surface area contributed by atoms with Gasteiger partial charge in [-0.2, -0.15) is 4.31 Å². The van der Waals surface area contributed by atoms with E-state index in [2.05, 4.69) is 4.98 Å². The van der Waals surface area contributed by atoms with Gasteiger partial charge in [0.2, 0.25) is 21.9 Å². The number of carbonyl (C=O) groups excluding carboxylic acids is 1. The molecule has 1 aliphatic heterocycles. The maximum absolute atomic E-state index is 13.2. The minimum Gasteiger partial charge on any atom is -0.369 e. The van der Waals surface area contributed by atoms with E-state index in [1.165, 1.54) is 4.31 Å². The van der Waals surface area contributed by atoms with Crippen LogP contribution in [0.3, 0.4) is 0 Å². The minimum absolute atomic E-state index is 0. The number of nitrogens with two attached hydrogens (primary N) is 1. The fraction of sp³-hybridized carbons (Fsp3) is 0.167. The molecule has 1 amide bonds. The number of anilines is 1. The van der Waals surface area contributed by atoms with Crippen LogP contribution in [0.15, 0.2) is 78.0 Å². The Kier molecular flexibility index (Phi) is 7.05. The fourth-order valence-corrected chi connectivity index (χ4v) is 5.68. The Hall–Kier alpha value is -3.11. The van der Waals surface area contributed by atoms with E-state index in [-0.39, 0.29) is 36.3 Å². The molecular formula is C24H23Cl2N5O3S. The van der Waals surface area contributed by atoms with Crippen LogP contribution in [0.5, 0.6) is 0 Å². The lowest BCUT2D eigenvalue weighted by Gasteiger charge is -2.33. The zero-order valence-electron chi connectivity index (χ0n) is 18.5. The molecule has 3 aromatic carbocycles. The Morgan fingerprint density at radius 1 is 0.971 bits per heavy atom. The predicted molar refractivity (Wildman–Crippen MR) is 138 cm³/mol. The Morgan fingerprint density at radius 3 is 2.37 bits per heavy atom. The van der Waals surface area contributed by atoms with Gasteiger partial charge in [-0.05, 0) is 52.7 Å². The zero-order valence-corrected chi connectivity index (χ0v) is 20.9. The number of halogens is 2. The van der Waals surface area contributed by atoms with E-state index in [9.17, 15) is 13.2 Å². The SMILES string of the molecule is Cl.Nc1nccn1-c1ccc(CN2CCN(S(=O)(=O)c3ccc4cc(Cl)ccc4c3)CC2=O)cc1. The van der Waals surface area contributed by atoms with Crippen LogP contribution in [0, 0.1) is 0 Å². The smallest absolute Gasteiger partial charge is 0.243 e. The van der Waals surface area contributed by atoms with Gasteiger partial charge >= 0.3 is 0 Å². The summed E-state index contributed by atoms with van der Waals surface area (Å²) < 4.78 is 29.4. The van der Waals surface area contributed by atoms with Crippen LogP contribution in [0.1, 0.15) is 5.56 Å². The van der Waals surface area contributed by atoms with Crippen LogP contribution in [0.4, 0.5) is 5.95 Å². The average Bonchev–Trinajstić information content (AvgIpc) is 3.26. The Balaban J connectivity index is 0.00000289. The molecule has 4 aromatic rings. The van der Waals surface area contributed by atoms with E-state index in [0.29, 0.717) is 24.1 Å². The van der Waals surface area contributed by atoms with Crippen molar-refractivity contribution >= 4 is 56.7 Å². The Bertz CT molecular complexity index is 1490. The second-order valence-electron chi connectivity index (χ2n) is 8.13. The number of rotatable bonds is 5. The lowest BCUT2D eigenvalue weighted by Crippen LogP contribution is -2.51. The van der Waals surface area contributed by atoms with Gasteiger partial charge in [-0.1, -0.05) is 35.9 Å². The number of hydrogen-bond acceptors (Lipinski definition) is 5. The summed E-state index contributed by atoms with van der Waals surface area (Å²) in [6.45, 7) is 0.766. The van der Waals surface area contributed by atoms with Gasteiger partial charge in [-0.15, -0.1) is 12.4 Å². The lowest BCUT2D eigenvalue weighted by molar-refractivity contribution is -0.134. The largest absolute Gasteiger partial charge is 0.369 e. The molecule has 1 fully saturated rings. The third-order valence-corrected chi connectivity index (χ3v) is 8.03. The van der Waals surface area contributed by atoms with Crippen molar-refractivity contribution in [1.29, 1.82) is 0 Å². The molecule has 11 heteroatoms. The maximum atomic E-state index is 13.2. The first-order valence-corrected chi connectivity index (χ1v) is 12.5.